The van der Waals surface area contributed by atoms with Crippen LogP contribution in [0.1, 0.15) is 18.6 Å². The van der Waals surface area contributed by atoms with Crippen LogP contribution in [-0.2, 0) is 9.53 Å². The van der Waals surface area contributed by atoms with Crippen molar-refractivity contribution in [1.29, 1.82) is 0 Å². The summed E-state index contributed by atoms with van der Waals surface area (Å²) in [5, 5.41) is 20.4. The number of carbonyl (C=O) groups excluding carboxylic acids is 1. The molecule has 0 unspecified atom stereocenters. The zero-order chi connectivity index (χ0) is 21.2. The maximum Gasteiger partial charge on any atom is 0.412 e. The van der Waals surface area contributed by atoms with E-state index in [2.05, 4.69) is 21.2 Å². The van der Waals surface area contributed by atoms with Crippen LogP contribution in [0.15, 0.2) is 65.2 Å². The molecule has 0 saturated heterocycles. The molecule has 3 N–H and O–H groups in total. The number of aliphatic hydroxyl groups excluding tert-OH is 1. The molecule has 8 heteroatoms. The number of carboxylic acids is 1. The molecule has 2 aromatic rings. The molecule has 29 heavy (non-hydrogen) atoms. The van der Waals surface area contributed by atoms with Gasteiger partial charge in [-0.05, 0) is 42.0 Å². The number of carboxylic acid groups (broad SMARTS) is 1. The van der Waals surface area contributed by atoms with E-state index in [9.17, 15) is 9.59 Å². The van der Waals surface area contributed by atoms with E-state index in [4.69, 9.17) is 19.7 Å². The number of ether oxygens (including phenoxy) is 2. The number of amides is 1. The fourth-order valence-electron chi connectivity index (χ4n) is 2.53. The molecular formula is C21H22BrNO6. The van der Waals surface area contributed by atoms with Crippen molar-refractivity contribution < 1.29 is 29.3 Å². The Morgan fingerprint density at radius 2 is 1.79 bits per heavy atom. The van der Waals surface area contributed by atoms with E-state index in [1.54, 1.807) is 55.5 Å². The summed E-state index contributed by atoms with van der Waals surface area (Å²) >= 11 is 3.33. The molecule has 0 aliphatic carbocycles. The van der Waals surface area contributed by atoms with E-state index < -0.39 is 24.1 Å². The Balaban J connectivity index is 2.16. The van der Waals surface area contributed by atoms with Crippen LogP contribution < -0.4 is 10.1 Å². The Labute approximate surface area is 177 Å². The topological polar surface area (TPSA) is 105 Å². The molecule has 0 fully saturated rings. The number of anilines is 1. The Hall–Kier alpha value is -2.84. The molecule has 1 amide bonds. The van der Waals surface area contributed by atoms with Gasteiger partial charge in [0, 0.05) is 22.2 Å². The van der Waals surface area contributed by atoms with Crippen LogP contribution in [0, 0.1) is 5.92 Å². The van der Waals surface area contributed by atoms with Gasteiger partial charge in [-0.15, -0.1) is 0 Å². The number of hydrogen-bond acceptors (Lipinski definition) is 5. The number of aliphatic hydroxyl groups is 1. The van der Waals surface area contributed by atoms with Gasteiger partial charge in [-0.25, -0.2) is 9.59 Å². The molecule has 2 atom stereocenters. The average molecular weight is 464 g/mol. The van der Waals surface area contributed by atoms with Crippen molar-refractivity contribution >= 4 is 33.7 Å². The van der Waals surface area contributed by atoms with Crippen LogP contribution in [-0.4, -0.2) is 35.5 Å². The zero-order valence-corrected chi connectivity index (χ0v) is 17.3. The van der Waals surface area contributed by atoms with Crippen molar-refractivity contribution in [2.45, 2.75) is 13.0 Å². The van der Waals surface area contributed by atoms with E-state index in [1.807, 2.05) is 0 Å². The molecule has 0 radical (unpaired) electrons. The van der Waals surface area contributed by atoms with Crippen molar-refractivity contribution in [2.75, 3.05) is 18.5 Å². The van der Waals surface area contributed by atoms with Gasteiger partial charge in [0.25, 0.3) is 0 Å². The van der Waals surface area contributed by atoms with E-state index in [1.165, 1.54) is 6.08 Å². The fraction of sp³-hybridized carbons (Fsp3) is 0.238. The second-order valence-electron chi connectivity index (χ2n) is 6.16. The molecule has 0 aliphatic rings. The number of nitrogens with one attached hydrogen (secondary N) is 1. The Kier molecular flexibility index (Phi) is 8.69. The molecule has 0 aliphatic heterocycles. The van der Waals surface area contributed by atoms with E-state index in [-0.39, 0.29) is 13.2 Å². The number of carbonyl (C=O) groups is 2. The van der Waals surface area contributed by atoms with Gasteiger partial charge in [-0.1, -0.05) is 41.1 Å². The lowest BCUT2D eigenvalue weighted by Crippen LogP contribution is -2.21. The second-order valence-corrected chi connectivity index (χ2v) is 7.07. The van der Waals surface area contributed by atoms with Gasteiger partial charge in [0.2, 0.25) is 0 Å². The van der Waals surface area contributed by atoms with Crippen LogP contribution in [0.3, 0.4) is 0 Å². The molecule has 7 nitrogen and oxygen atoms in total. The highest BCUT2D eigenvalue weighted by molar-refractivity contribution is 9.10. The van der Waals surface area contributed by atoms with E-state index in [0.29, 0.717) is 17.0 Å². The summed E-state index contributed by atoms with van der Waals surface area (Å²) in [4.78, 5) is 23.2. The summed E-state index contributed by atoms with van der Waals surface area (Å²) in [6.45, 7) is 1.83. The number of rotatable bonds is 9. The van der Waals surface area contributed by atoms with E-state index in [0.717, 1.165) is 10.5 Å². The quantitative estimate of drug-likeness (QED) is 0.476. The van der Waals surface area contributed by atoms with Gasteiger partial charge in [0.1, 0.15) is 18.5 Å². The van der Waals surface area contributed by atoms with Crippen LogP contribution in [0.4, 0.5) is 10.5 Å². The van der Waals surface area contributed by atoms with Gasteiger partial charge in [0.15, 0.2) is 0 Å². The van der Waals surface area contributed by atoms with Gasteiger partial charge >= 0.3 is 12.1 Å². The number of hydrogen-bond donors (Lipinski definition) is 3. The maximum absolute atomic E-state index is 12.4. The molecule has 154 valence electrons. The summed E-state index contributed by atoms with van der Waals surface area (Å²) in [6.07, 6.45) is 1.11. The number of aliphatic carboxylic acids is 1. The Morgan fingerprint density at radius 3 is 2.38 bits per heavy atom. The van der Waals surface area contributed by atoms with Crippen LogP contribution in [0.25, 0.3) is 0 Å². The first-order valence-electron chi connectivity index (χ1n) is 8.87. The highest BCUT2D eigenvalue weighted by Crippen LogP contribution is 2.29. The minimum atomic E-state index is -1.08. The third-order valence-electron chi connectivity index (χ3n) is 3.91. The van der Waals surface area contributed by atoms with Gasteiger partial charge in [0.05, 0.1) is 6.61 Å². The minimum Gasteiger partial charge on any atom is -0.491 e. The van der Waals surface area contributed by atoms with Crippen molar-refractivity contribution in [3.05, 3.63) is 70.7 Å². The monoisotopic (exact) mass is 463 g/mol. The summed E-state index contributed by atoms with van der Waals surface area (Å²) in [5.74, 6) is -0.914. The van der Waals surface area contributed by atoms with Crippen molar-refractivity contribution in [3.63, 3.8) is 0 Å². The van der Waals surface area contributed by atoms with Crippen molar-refractivity contribution in [1.82, 2.24) is 0 Å². The first-order valence-corrected chi connectivity index (χ1v) is 9.66. The lowest BCUT2D eigenvalue weighted by Gasteiger charge is -2.23. The van der Waals surface area contributed by atoms with Crippen molar-refractivity contribution in [3.8, 4) is 5.75 Å². The van der Waals surface area contributed by atoms with Crippen LogP contribution in [0.2, 0.25) is 0 Å². The normalized spacial score (nSPS) is 12.9. The zero-order valence-electron chi connectivity index (χ0n) is 15.7. The summed E-state index contributed by atoms with van der Waals surface area (Å²) in [6, 6.07) is 13.9. The molecule has 0 saturated carbocycles. The second kappa shape index (κ2) is 11.2. The Bertz CT molecular complexity index is 835. The predicted octanol–water partition coefficient (Wildman–Crippen LogP) is 4.39. The fourth-order valence-corrected chi connectivity index (χ4v) is 2.79. The molecule has 2 rings (SSSR count). The summed E-state index contributed by atoms with van der Waals surface area (Å²) < 4.78 is 11.8. The molecule has 0 aromatic heterocycles. The predicted molar refractivity (Wildman–Crippen MR) is 112 cm³/mol. The molecule has 2 aromatic carbocycles. The summed E-state index contributed by atoms with van der Waals surface area (Å²) in [7, 11) is 0. The van der Waals surface area contributed by atoms with Gasteiger partial charge < -0.3 is 19.7 Å². The lowest BCUT2D eigenvalue weighted by molar-refractivity contribution is -0.131. The third kappa shape index (κ3) is 7.59. The first-order chi connectivity index (χ1) is 13.9. The average Bonchev–Trinajstić information content (AvgIpc) is 2.71. The largest absolute Gasteiger partial charge is 0.491 e. The molecular weight excluding hydrogens is 442 g/mol. The van der Waals surface area contributed by atoms with Crippen molar-refractivity contribution in [2.24, 2.45) is 5.92 Å². The van der Waals surface area contributed by atoms with Gasteiger partial charge in [-0.3, -0.25) is 5.32 Å². The first kappa shape index (κ1) is 22.4. The van der Waals surface area contributed by atoms with Crippen LogP contribution >= 0.6 is 15.9 Å². The van der Waals surface area contributed by atoms with Crippen LogP contribution in [0.5, 0.6) is 5.75 Å². The Morgan fingerprint density at radius 1 is 1.14 bits per heavy atom. The standard InChI is InChI=1S/C21H22BrNO6/c1-14(2-11-19(25)26)20(15-3-9-18(10-4-15)28-13-12-24)29-21(27)23-17-7-5-16(22)6-8-17/h2-11,14,20,24H,12-13H2,1H3,(H,23,27)(H,25,26)/b11-2+/t14-,20-/m1/s1. The minimum absolute atomic E-state index is 0.0965. The molecule has 0 spiro atoms. The number of benzene rings is 2. The van der Waals surface area contributed by atoms with E-state index >= 15 is 0 Å². The lowest BCUT2D eigenvalue weighted by atomic mass is 9.96. The number of halogens is 1. The van der Waals surface area contributed by atoms with Gasteiger partial charge in [-0.2, -0.15) is 0 Å². The molecule has 0 heterocycles. The third-order valence-corrected chi connectivity index (χ3v) is 4.44. The molecule has 0 bridgehead atoms. The smallest absolute Gasteiger partial charge is 0.412 e. The highest BCUT2D eigenvalue weighted by atomic mass is 79.9. The SMILES string of the molecule is C[C@H](/C=C/C(=O)O)[C@@H](OC(=O)Nc1ccc(Br)cc1)c1ccc(OCCO)cc1. The maximum atomic E-state index is 12.4. The highest BCUT2D eigenvalue weighted by Gasteiger charge is 2.22. The summed E-state index contributed by atoms with van der Waals surface area (Å²) in [5.41, 5.74) is 1.24.